The normalized spacial score (nSPS) is 9.94. The minimum atomic E-state index is -0.546. The first-order valence-corrected chi connectivity index (χ1v) is 5.62. The van der Waals surface area contributed by atoms with Gasteiger partial charge in [-0.1, -0.05) is 11.8 Å². The molecule has 7 heteroatoms. The molecule has 0 aliphatic rings. The average molecular weight is 245 g/mol. The van der Waals surface area contributed by atoms with Gasteiger partial charge in [0.2, 0.25) is 5.95 Å². The average Bonchev–Trinajstić information content (AvgIpc) is 2.29. The molecule has 0 bridgehead atoms. The van der Waals surface area contributed by atoms with Gasteiger partial charge in [0.15, 0.2) is 5.82 Å². The van der Waals surface area contributed by atoms with Crippen LogP contribution in [0.4, 0.5) is 10.3 Å². The van der Waals surface area contributed by atoms with Crippen molar-refractivity contribution in [3.8, 4) is 0 Å². The van der Waals surface area contributed by atoms with Gasteiger partial charge < -0.3 is 10.1 Å². The van der Waals surface area contributed by atoms with Crippen molar-refractivity contribution in [1.82, 2.24) is 9.97 Å². The van der Waals surface area contributed by atoms with Gasteiger partial charge in [0.25, 0.3) is 0 Å². The third kappa shape index (κ3) is 3.65. The number of halogens is 1. The second kappa shape index (κ2) is 6.26. The summed E-state index contributed by atoms with van der Waals surface area (Å²) in [5.74, 6) is -0.601. The Labute approximate surface area is 96.8 Å². The van der Waals surface area contributed by atoms with Gasteiger partial charge >= 0.3 is 5.97 Å². The van der Waals surface area contributed by atoms with E-state index in [9.17, 15) is 9.18 Å². The highest BCUT2D eigenvalue weighted by atomic mass is 32.2. The van der Waals surface area contributed by atoms with Crippen molar-refractivity contribution in [2.24, 2.45) is 0 Å². The number of thioether (sulfide) groups is 1. The lowest BCUT2D eigenvalue weighted by atomic mass is 10.6. The zero-order valence-electron chi connectivity index (χ0n) is 8.99. The van der Waals surface area contributed by atoms with Crippen molar-refractivity contribution >= 4 is 23.7 Å². The molecule has 0 amide bonds. The van der Waals surface area contributed by atoms with Gasteiger partial charge in [0, 0.05) is 6.54 Å². The molecular weight excluding hydrogens is 233 g/mol. The van der Waals surface area contributed by atoms with Crippen LogP contribution < -0.4 is 5.32 Å². The number of rotatable bonds is 5. The monoisotopic (exact) mass is 245 g/mol. The summed E-state index contributed by atoms with van der Waals surface area (Å²) >= 11 is 0.979. The van der Waals surface area contributed by atoms with Crippen molar-refractivity contribution in [2.75, 3.05) is 24.7 Å². The maximum absolute atomic E-state index is 13.2. The quantitative estimate of drug-likeness (QED) is 0.479. The molecule has 1 heterocycles. The largest absolute Gasteiger partial charge is 0.468 e. The van der Waals surface area contributed by atoms with Crippen LogP contribution in [-0.2, 0) is 9.53 Å². The van der Waals surface area contributed by atoms with Crippen LogP contribution in [-0.4, -0.2) is 35.3 Å². The van der Waals surface area contributed by atoms with E-state index in [1.54, 1.807) is 0 Å². The number of nitrogens with zero attached hydrogens (tertiary/aromatic N) is 2. The molecule has 1 aromatic heterocycles. The maximum Gasteiger partial charge on any atom is 0.316 e. The van der Waals surface area contributed by atoms with Gasteiger partial charge in [-0.05, 0) is 6.92 Å². The third-order valence-corrected chi connectivity index (χ3v) is 2.54. The number of nitrogens with one attached hydrogen (secondary N) is 1. The zero-order valence-corrected chi connectivity index (χ0v) is 9.81. The number of anilines is 1. The van der Waals surface area contributed by atoms with Crippen molar-refractivity contribution in [3.05, 3.63) is 12.0 Å². The van der Waals surface area contributed by atoms with Crippen molar-refractivity contribution in [1.29, 1.82) is 0 Å². The van der Waals surface area contributed by atoms with E-state index < -0.39 is 11.8 Å². The van der Waals surface area contributed by atoms with Gasteiger partial charge in [0.1, 0.15) is 5.03 Å². The first-order chi connectivity index (χ1) is 7.67. The number of esters is 1. The Hall–Kier alpha value is -1.37. The van der Waals surface area contributed by atoms with Gasteiger partial charge in [0.05, 0.1) is 19.1 Å². The molecule has 0 aromatic carbocycles. The lowest BCUT2D eigenvalue weighted by molar-refractivity contribution is -0.137. The number of hydrogen-bond acceptors (Lipinski definition) is 6. The van der Waals surface area contributed by atoms with Gasteiger partial charge in [-0.3, -0.25) is 4.79 Å². The fourth-order valence-corrected chi connectivity index (χ4v) is 1.60. The molecule has 88 valence electrons. The van der Waals surface area contributed by atoms with Crippen LogP contribution in [0.3, 0.4) is 0 Å². The molecule has 0 unspecified atom stereocenters. The Morgan fingerprint density at radius 2 is 2.44 bits per heavy atom. The first kappa shape index (κ1) is 12.7. The number of methoxy groups -OCH3 is 1. The van der Waals surface area contributed by atoms with Gasteiger partial charge in [-0.15, -0.1) is 0 Å². The predicted octanol–water partition coefficient (Wildman–Crippen LogP) is 1.31. The van der Waals surface area contributed by atoms with Crippen LogP contribution in [0.15, 0.2) is 11.2 Å². The minimum absolute atomic E-state index is 0.0238. The van der Waals surface area contributed by atoms with Crippen LogP contribution >= 0.6 is 11.8 Å². The molecular formula is C9H12FN3O2S. The molecule has 0 spiro atoms. The van der Waals surface area contributed by atoms with Crippen molar-refractivity contribution < 1.29 is 13.9 Å². The highest BCUT2D eigenvalue weighted by molar-refractivity contribution is 7.99. The summed E-state index contributed by atoms with van der Waals surface area (Å²) in [4.78, 5) is 18.6. The zero-order chi connectivity index (χ0) is 12.0. The molecule has 0 aliphatic heterocycles. The summed E-state index contributed by atoms with van der Waals surface area (Å²) in [6, 6.07) is 0. The predicted molar refractivity (Wildman–Crippen MR) is 58.9 cm³/mol. The van der Waals surface area contributed by atoms with E-state index in [0.717, 1.165) is 18.0 Å². The molecule has 1 aromatic rings. The smallest absolute Gasteiger partial charge is 0.316 e. The Morgan fingerprint density at radius 3 is 3.06 bits per heavy atom. The topological polar surface area (TPSA) is 64.1 Å². The van der Waals surface area contributed by atoms with E-state index in [1.807, 2.05) is 6.92 Å². The number of ether oxygens (including phenoxy) is 1. The Balaban J connectivity index is 2.70. The Kier molecular flexibility index (Phi) is 4.97. The number of carbonyl (C=O) groups is 1. The fraction of sp³-hybridized carbons (Fsp3) is 0.444. The number of aromatic nitrogens is 2. The molecule has 0 fully saturated rings. The van der Waals surface area contributed by atoms with Crippen LogP contribution in [0.25, 0.3) is 0 Å². The molecule has 0 aliphatic carbocycles. The van der Waals surface area contributed by atoms with E-state index >= 15 is 0 Å². The van der Waals surface area contributed by atoms with Crippen LogP contribution in [0.1, 0.15) is 6.92 Å². The summed E-state index contributed by atoms with van der Waals surface area (Å²) in [5, 5.41) is 2.99. The van der Waals surface area contributed by atoms with E-state index in [-0.39, 0.29) is 10.8 Å². The molecule has 0 saturated carbocycles. The fourth-order valence-electron chi connectivity index (χ4n) is 0.882. The van der Waals surface area contributed by atoms with Gasteiger partial charge in [-0.25, -0.2) is 14.4 Å². The molecule has 16 heavy (non-hydrogen) atoms. The number of carbonyl (C=O) groups excluding carboxylic acids is 1. The lowest BCUT2D eigenvalue weighted by Crippen LogP contribution is -2.06. The lowest BCUT2D eigenvalue weighted by Gasteiger charge is -2.04. The molecule has 0 saturated heterocycles. The van der Waals surface area contributed by atoms with Crippen LogP contribution in [0.2, 0.25) is 0 Å². The second-order valence-corrected chi connectivity index (χ2v) is 3.71. The van der Waals surface area contributed by atoms with Gasteiger partial charge in [-0.2, -0.15) is 0 Å². The second-order valence-electron chi connectivity index (χ2n) is 2.74. The molecule has 1 N–H and O–H groups in total. The highest BCUT2D eigenvalue weighted by Crippen LogP contribution is 2.19. The van der Waals surface area contributed by atoms with Crippen LogP contribution in [0, 0.1) is 5.82 Å². The SMILES string of the molecule is CCNc1ncc(F)c(SCC(=O)OC)n1. The number of hydrogen-bond donors (Lipinski definition) is 1. The third-order valence-electron chi connectivity index (χ3n) is 1.60. The first-order valence-electron chi connectivity index (χ1n) is 4.63. The Bertz CT molecular complexity index is 376. The van der Waals surface area contributed by atoms with E-state index in [2.05, 4.69) is 20.0 Å². The van der Waals surface area contributed by atoms with E-state index in [0.29, 0.717) is 12.5 Å². The minimum Gasteiger partial charge on any atom is -0.468 e. The van der Waals surface area contributed by atoms with Crippen LogP contribution in [0.5, 0.6) is 0 Å². The molecule has 0 radical (unpaired) electrons. The summed E-state index contributed by atoms with van der Waals surface area (Å²) in [5.41, 5.74) is 0. The highest BCUT2D eigenvalue weighted by Gasteiger charge is 2.10. The standard InChI is InChI=1S/C9H12FN3O2S/c1-3-11-9-12-4-6(10)8(13-9)16-5-7(14)15-2/h4H,3,5H2,1-2H3,(H,11,12,13). The summed E-state index contributed by atoms with van der Waals surface area (Å²) in [6.07, 6.45) is 1.07. The summed E-state index contributed by atoms with van der Waals surface area (Å²) in [7, 11) is 1.28. The maximum atomic E-state index is 13.2. The van der Waals surface area contributed by atoms with Crippen molar-refractivity contribution in [2.45, 2.75) is 11.9 Å². The van der Waals surface area contributed by atoms with E-state index in [1.165, 1.54) is 7.11 Å². The van der Waals surface area contributed by atoms with Crippen molar-refractivity contribution in [3.63, 3.8) is 0 Å². The molecule has 5 nitrogen and oxygen atoms in total. The molecule has 0 atom stereocenters. The van der Waals surface area contributed by atoms with E-state index in [4.69, 9.17) is 0 Å². The summed E-state index contributed by atoms with van der Waals surface area (Å²) in [6.45, 7) is 2.53. The molecule has 1 rings (SSSR count). The Morgan fingerprint density at radius 1 is 1.69 bits per heavy atom. The summed E-state index contributed by atoms with van der Waals surface area (Å²) < 4.78 is 17.7.